The van der Waals surface area contributed by atoms with E-state index in [1.54, 1.807) is 37.7 Å². The molecule has 6 nitrogen and oxygen atoms in total. The lowest BCUT2D eigenvalue weighted by molar-refractivity contribution is 0.270. The van der Waals surface area contributed by atoms with E-state index in [0.717, 1.165) is 0 Å². The number of halogens is 2. The van der Waals surface area contributed by atoms with Crippen LogP contribution in [0, 0.1) is 19.7 Å². The molecule has 1 N–H and O–H groups in total. The van der Waals surface area contributed by atoms with Gasteiger partial charge in [-0.05, 0) is 31.5 Å². The molecule has 0 bridgehead atoms. The summed E-state index contributed by atoms with van der Waals surface area (Å²) in [5, 5.41) is 7.41. The number of sulfonamides is 1. The van der Waals surface area contributed by atoms with Crippen molar-refractivity contribution in [2.45, 2.75) is 24.8 Å². The first-order valence-electron chi connectivity index (χ1n) is 7.80. The lowest BCUT2D eigenvalue weighted by Crippen LogP contribution is -2.48. The Hall–Kier alpha value is -1.48. The number of hydrogen-bond donors (Lipinski definition) is 1. The van der Waals surface area contributed by atoms with Gasteiger partial charge in [-0.2, -0.15) is 9.40 Å². The molecule has 0 saturated carbocycles. The monoisotopic (exact) mass is 388 g/mol. The summed E-state index contributed by atoms with van der Waals surface area (Å²) in [6, 6.07) is 5.66. The van der Waals surface area contributed by atoms with Crippen molar-refractivity contribution in [3.63, 3.8) is 0 Å². The summed E-state index contributed by atoms with van der Waals surface area (Å²) in [6.07, 6.45) is 0. The first kappa shape index (κ1) is 19.8. The molecule has 0 aliphatic carbocycles. The summed E-state index contributed by atoms with van der Waals surface area (Å²) in [4.78, 5) is 0.244. The number of benzene rings is 1. The number of aryl methyl sites for hydroxylation is 2. The van der Waals surface area contributed by atoms with Crippen LogP contribution in [0.5, 0.6) is 0 Å². The molecular weight excluding hydrogens is 367 g/mol. The van der Waals surface area contributed by atoms with E-state index in [0.29, 0.717) is 36.6 Å². The van der Waals surface area contributed by atoms with E-state index in [1.807, 2.05) is 0 Å². The van der Waals surface area contributed by atoms with Crippen molar-refractivity contribution in [1.29, 1.82) is 0 Å². The van der Waals surface area contributed by atoms with Crippen LogP contribution in [-0.4, -0.2) is 42.1 Å². The Balaban J connectivity index is 0.00000225. The molecule has 1 aliphatic rings. The minimum absolute atomic E-state index is 0. The predicted octanol–water partition coefficient (Wildman–Crippen LogP) is 1.93. The molecule has 138 valence electrons. The quantitative estimate of drug-likeness (QED) is 0.872. The number of hydrogen-bond acceptors (Lipinski definition) is 4. The number of aromatic nitrogens is 2. The van der Waals surface area contributed by atoms with Gasteiger partial charge in [0.15, 0.2) is 0 Å². The molecule has 1 saturated heterocycles. The van der Waals surface area contributed by atoms with Crippen LogP contribution in [0.25, 0.3) is 0 Å². The van der Waals surface area contributed by atoms with Crippen molar-refractivity contribution in [1.82, 2.24) is 19.4 Å². The predicted molar refractivity (Wildman–Crippen MR) is 95.8 cm³/mol. The van der Waals surface area contributed by atoms with E-state index in [9.17, 15) is 12.8 Å². The average Bonchev–Trinajstić information content (AvgIpc) is 2.80. The third-order valence-electron chi connectivity index (χ3n) is 4.44. The zero-order valence-electron chi connectivity index (χ0n) is 14.4. The number of nitrogens with one attached hydrogen (secondary N) is 1. The molecule has 2 heterocycles. The number of nitrogens with zero attached hydrogens (tertiary/aromatic N) is 3. The Kier molecular flexibility index (Phi) is 5.88. The third kappa shape index (κ3) is 3.57. The van der Waals surface area contributed by atoms with Gasteiger partial charge in [-0.1, -0.05) is 12.1 Å². The summed E-state index contributed by atoms with van der Waals surface area (Å²) in [5.41, 5.74) is 1.72. The second kappa shape index (κ2) is 7.41. The van der Waals surface area contributed by atoms with Crippen LogP contribution in [0.2, 0.25) is 0 Å². The van der Waals surface area contributed by atoms with Crippen molar-refractivity contribution in [2.75, 3.05) is 19.6 Å². The molecule has 1 aromatic carbocycles. The van der Waals surface area contributed by atoms with Crippen molar-refractivity contribution in [2.24, 2.45) is 7.05 Å². The Morgan fingerprint density at radius 2 is 2.04 bits per heavy atom. The van der Waals surface area contributed by atoms with Gasteiger partial charge in [-0.3, -0.25) is 4.68 Å². The fourth-order valence-electron chi connectivity index (χ4n) is 3.22. The maximum absolute atomic E-state index is 13.6. The second-order valence-electron chi connectivity index (χ2n) is 6.01. The zero-order valence-corrected chi connectivity index (χ0v) is 16.0. The van der Waals surface area contributed by atoms with Crippen molar-refractivity contribution < 1.29 is 12.8 Å². The first-order valence-corrected chi connectivity index (χ1v) is 9.24. The van der Waals surface area contributed by atoms with Crippen molar-refractivity contribution in [3.05, 3.63) is 47.0 Å². The molecule has 0 amide bonds. The SMILES string of the molecule is Cc1nn(C)c(C)c1S(=O)(=O)N1CCNCC1c1cccc(F)c1.Cl. The van der Waals surface area contributed by atoms with Crippen LogP contribution in [0.3, 0.4) is 0 Å². The molecule has 25 heavy (non-hydrogen) atoms. The maximum atomic E-state index is 13.6. The number of rotatable bonds is 3. The van der Waals surface area contributed by atoms with Gasteiger partial charge in [0, 0.05) is 26.7 Å². The normalized spacial score (nSPS) is 18.8. The van der Waals surface area contributed by atoms with Gasteiger partial charge in [0.1, 0.15) is 10.7 Å². The Labute approximate surface area is 153 Å². The first-order chi connectivity index (χ1) is 11.3. The molecule has 1 unspecified atom stereocenters. The van der Waals surface area contributed by atoms with Gasteiger partial charge in [0.25, 0.3) is 0 Å². The molecule has 1 fully saturated rings. The van der Waals surface area contributed by atoms with Gasteiger partial charge in [0.05, 0.1) is 17.4 Å². The summed E-state index contributed by atoms with van der Waals surface area (Å²) in [6.45, 7) is 4.77. The Bertz CT molecular complexity index is 869. The molecule has 1 aromatic heterocycles. The van der Waals surface area contributed by atoms with Crippen LogP contribution in [-0.2, 0) is 17.1 Å². The Morgan fingerprint density at radius 1 is 1.32 bits per heavy atom. The summed E-state index contributed by atoms with van der Waals surface area (Å²) >= 11 is 0. The highest BCUT2D eigenvalue weighted by Crippen LogP contribution is 2.31. The van der Waals surface area contributed by atoms with Crippen LogP contribution in [0.1, 0.15) is 23.0 Å². The van der Waals surface area contributed by atoms with Crippen LogP contribution < -0.4 is 5.32 Å². The minimum Gasteiger partial charge on any atom is -0.313 e. The van der Waals surface area contributed by atoms with Crippen LogP contribution >= 0.6 is 12.4 Å². The van der Waals surface area contributed by atoms with Gasteiger partial charge < -0.3 is 5.32 Å². The fraction of sp³-hybridized carbons (Fsp3) is 0.438. The second-order valence-corrected chi connectivity index (χ2v) is 7.84. The van der Waals surface area contributed by atoms with Gasteiger partial charge in [0.2, 0.25) is 10.0 Å². The summed E-state index contributed by atoms with van der Waals surface area (Å²) in [7, 11) is -2.00. The number of piperazine rings is 1. The molecule has 2 aromatic rings. The molecule has 3 rings (SSSR count). The largest absolute Gasteiger partial charge is 0.313 e. The Morgan fingerprint density at radius 3 is 2.64 bits per heavy atom. The molecule has 9 heteroatoms. The smallest absolute Gasteiger partial charge is 0.247 e. The highest BCUT2D eigenvalue weighted by Gasteiger charge is 2.37. The average molecular weight is 389 g/mol. The maximum Gasteiger partial charge on any atom is 0.247 e. The standard InChI is InChI=1S/C16H21FN4O2S.ClH/c1-11-16(12(2)20(3)19-11)24(22,23)21-8-7-18-10-15(21)13-5-4-6-14(17)9-13;/h4-6,9,15,18H,7-8,10H2,1-3H3;1H. The lowest BCUT2D eigenvalue weighted by Gasteiger charge is -2.35. The van der Waals surface area contributed by atoms with E-state index in [-0.39, 0.29) is 23.1 Å². The topological polar surface area (TPSA) is 67.2 Å². The molecule has 0 radical (unpaired) electrons. The molecular formula is C16H22ClFN4O2S. The molecule has 1 aliphatic heterocycles. The van der Waals surface area contributed by atoms with Gasteiger partial charge in [-0.25, -0.2) is 12.8 Å². The minimum atomic E-state index is -3.73. The van der Waals surface area contributed by atoms with E-state index in [1.165, 1.54) is 16.4 Å². The summed E-state index contributed by atoms with van der Waals surface area (Å²) in [5.74, 6) is -0.371. The lowest BCUT2D eigenvalue weighted by atomic mass is 10.1. The molecule has 1 atom stereocenters. The third-order valence-corrected chi connectivity index (χ3v) is 6.60. The van der Waals surface area contributed by atoms with Gasteiger partial charge >= 0.3 is 0 Å². The van der Waals surface area contributed by atoms with Crippen LogP contribution in [0.15, 0.2) is 29.2 Å². The summed E-state index contributed by atoms with van der Waals surface area (Å²) < 4.78 is 43.1. The van der Waals surface area contributed by atoms with Crippen LogP contribution in [0.4, 0.5) is 4.39 Å². The van der Waals surface area contributed by atoms with E-state index < -0.39 is 16.1 Å². The van der Waals surface area contributed by atoms with E-state index in [2.05, 4.69) is 10.4 Å². The zero-order chi connectivity index (χ0) is 17.5. The molecule has 0 spiro atoms. The van der Waals surface area contributed by atoms with E-state index in [4.69, 9.17) is 0 Å². The highest BCUT2D eigenvalue weighted by atomic mass is 35.5. The van der Waals surface area contributed by atoms with E-state index >= 15 is 0 Å². The van der Waals surface area contributed by atoms with Crippen molar-refractivity contribution >= 4 is 22.4 Å². The fourth-order valence-corrected chi connectivity index (χ4v) is 5.23. The van der Waals surface area contributed by atoms with Gasteiger partial charge in [-0.15, -0.1) is 12.4 Å². The van der Waals surface area contributed by atoms with Crippen molar-refractivity contribution in [3.8, 4) is 0 Å². The highest BCUT2D eigenvalue weighted by molar-refractivity contribution is 7.89.